The standard InChI is InChI=1S/C18H12F6N4S/c19-17(20,21)10-1-4-12(5-2-10)26-15-25-7-8-28(15)16-27-13-6-3-11(18(22,23)24)9-14(13)29-16/h1-6,9H,7-8H2,(H,25,26). The zero-order chi connectivity index (χ0) is 20.8. The summed E-state index contributed by atoms with van der Waals surface area (Å²) in [4.78, 5) is 10.3. The van der Waals surface area contributed by atoms with Crippen LogP contribution in [0.4, 0.5) is 37.2 Å². The number of hydrogen-bond acceptors (Lipinski definition) is 5. The molecule has 0 saturated heterocycles. The maximum Gasteiger partial charge on any atom is 0.416 e. The lowest BCUT2D eigenvalue weighted by atomic mass is 10.2. The Morgan fingerprint density at radius 3 is 2.21 bits per heavy atom. The normalized spacial score (nSPS) is 15.1. The van der Waals surface area contributed by atoms with Crippen molar-refractivity contribution in [1.29, 1.82) is 0 Å². The van der Waals surface area contributed by atoms with Crippen LogP contribution in [0.2, 0.25) is 0 Å². The summed E-state index contributed by atoms with van der Waals surface area (Å²) in [6.45, 7) is 0.877. The van der Waals surface area contributed by atoms with Crippen LogP contribution in [0.25, 0.3) is 10.2 Å². The first-order valence-electron chi connectivity index (χ1n) is 8.35. The van der Waals surface area contributed by atoms with E-state index >= 15 is 0 Å². The van der Waals surface area contributed by atoms with E-state index in [1.54, 1.807) is 4.90 Å². The molecular weight excluding hydrogens is 418 g/mol. The van der Waals surface area contributed by atoms with Gasteiger partial charge < -0.3 is 5.32 Å². The van der Waals surface area contributed by atoms with Crippen molar-refractivity contribution in [3.63, 3.8) is 0 Å². The van der Waals surface area contributed by atoms with Crippen LogP contribution in [0.5, 0.6) is 0 Å². The van der Waals surface area contributed by atoms with Gasteiger partial charge in [0.1, 0.15) is 0 Å². The van der Waals surface area contributed by atoms with Gasteiger partial charge >= 0.3 is 12.4 Å². The van der Waals surface area contributed by atoms with Crippen molar-refractivity contribution < 1.29 is 26.3 Å². The minimum absolute atomic E-state index is 0.375. The fourth-order valence-corrected chi connectivity index (χ4v) is 3.85. The highest BCUT2D eigenvalue weighted by molar-refractivity contribution is 7.22. The van der Waals surface area contributed by atoms with Gasteiger partial charge in [0.25, 0.3) is 0 Å². The molecule has 0 spiro atoms. The maximum absolute atomic E-state index is 12.9. The third-order valence-electron chi connectivity index (χ3n) is 4.24. The fourth-order valence-electron chi connectivity index (χ4n) is 2.82. The highest BCUT2D eigenvalue weighted by Gasteiger charge is 2.32. The number of anilines is 2. The van der Waals surface area contributed by atoms with Gasteiger partial charge in [-0.15, -0.1) is 0 Å². The van der Waals surface area contributed by atoms with E-state index in [2.05, 4.69) is 15.3 Å². The van der Waals surface area contributed by atoms with Gasteiger partial charge in [-0.3, -0.25) is 9.89 Å². The Bertz CT molecular complexity index is 1070. The first kappa shape index (κ1) is 19.5. The summed E-state index contributed by atoms with van der Waals surface area (Å²) in [6.07, 6.45) is -8.87. The number of aliphatic imine (C=N–C) groups is 1. The average molecular weight is 430 g/mol. The van der Waals surface area contributed by atoms with Crippen molar-refractivity contribution in [2.24, 2.45) is 4.99 Å². The van der Waals surface area contributed by atoms with Gasteiger partial charge in [0.2, 0.25) is 5.96 Å². The number of aromatic nitrogens is 1. The zero-order valence-electron chi connectivity index (χ0n) is 14.5. The molecule has 0 fully saturated rings. The van der Waals surface area contributed by atoms with E-state index < -0.39 is 23.5 Å². The van der Waals surface area contributed by atoms with Gasteiger partial charge in [0.05, 0.1) is 27.9 Å². The predicted molar refractivity (Wildman–Crippen MR) is 99.3 cm³/mol. The number of alkyl halides is 6. The number of nitrogens with one attached hydrogen (secondary N) is 1. The molecule has 4 nitrogen and oxygen atoms in total. The van der Waals surface area contributed by atoms with Crippen molar-refractivity contribution >= 4 is 38.3 Å². The summed E-state index contributed by atoms with van der Waals surface area (Å²) < 4.78 is 77.1. The molecule has 1 aliphatic rings. The molecule has 1 aliphatic heterocycles. The van der Waals surface area contributed by atoms with Crippen LogP contribution in [0, 0.1) is 0 Å². The second-order valence-electron chi connectivity index (χ2n) is 6.23. The van der Waals surface area contributed by atoms with Gasteiger partial charge in [-0.05, 0) is 42.5 Å². The number of hydrogen-bond donors (Lipinski definition) is 1. The van der Waals surface area contributed by atoms with E-state index in [4.69, 9.17) is 0 Å². The second-order valence-corrected chi connectivity index (χ2v) is 7.24. The smallest absolute Gasteiger partial charge is 0.326 e. The fraction of sp³-hybridized carbons (Fsp3) is 0.222. The Labute approximate surface area is 164 Å². The number of nitrogens with zero attached hydrogens (tertiary/aromatic N) is 3. The molecule has 152 valence electrons. The molecule has 0 atom stereocenters. The van der Waals surface area contributed by atoms with Crippen LogP contribution in [-0.4, -0.2) is 24.0 Å². The van der Waals surface area contributed by atoms with E-state index in [0.717, 1.165) is 35.6 Å². The molecule has 2 aromatic carbocycles. The lowest BCUT2D eigenvalue weighted by Crippen LogP contribution is -2.32. The maximum atomic E-state index is 12.9. The molecule has 11 heteroatoms. The van der Waals surface area contributed by atoms with E-state index in [9.17, 15) is 26.3 Å². The highest BCUT2D eigenvalue weighted by Crippen LogP contribution is 2.36. The van der Waals surface area contributed by atoms with Crippen LogP contribution >= 0.6 is 11.3 Å². The van der Waals surface area contributed by atoms with Crippen molar-refractivity contribution in [3.8, 4) is 0 Å². The van der Waals surface area contributed by atoms with Crippen LogP contribution in [0.1, 0.15) is 11.1 Å². The molecule has 0 saturated carbocycles. The molecule has 0 amide bonds. The Morgan fingerprint density at radius 1 is 0.897 bits per heavy atom. The van der Waals surface area contributed by atoms with Gasteiger partial charge in [-0.2, -0.15) is 26.3 Å². The van der Waals surface area contributed by atoms with Crippen molar-refractivity contribution in [3.05, 3.63) is 53.6 Å². The molecular formula is C18H12F6N4S. The molecule has 0 radical (unpaired) electrons. The third-order valence-corrected chi connectivity index (χ3v) is 5.29. The molecule has 29 heavy (non-hydrogen) atoms. The van der Waals surface area contributed by atoms with Gasteiger partial charge in [-0.25, -0.2) is 4.98 Å². The number of guanidine groups is 1. The van der Waals surface area contributed by atoms with Gasteiger partial charge in [-0.1, -0.05) is 11.3 Å². The first-order chi connectivity index (χ1) is 13.6. The Morgan fingerprint density at radius 2 is 1.55 bits per heavy atom. The largest absolute Gasteiger partial charge is 0.416 e. The zero-order valence-corrected chi connectivity index (χ0v) is 15.3. The Hall–Kier alpha value is -2.82. The van der Waals surface area contributed by atoms with Crippen LogP contribution in [0.15, 0.2) is 47.5 Å². The number of fused-ring (bicyclic) bond motifs is 1. The molecule has 0 unspecified atom stereocenters. The topological polar surface area (TPSA) is 40.5 Å². The highest BCUT2D eigenvalue weighted by atomic mass is 32.1. The predicted octanol–water partition coefficient (Wildman–Crippen LogP) is 5.62. The second kappa shape index (κ2) is 6.90. The van der Waals surface area contributed by atoms with Crippen LogP contribution in [-0.2, 0) is 12.4 Å². The van der Waals surface area contributed by atoms with E-state index in [0.29, 0.717) is 40.1 Å². The number of halogens is 6. The Balaban J connectivity index is 1.56. The first-order valence-corrected chi connectivity index (χ1v) is 9.17. The summed E-state index contributed by atoms with van der Waals surface area (Å²) in [6, 6.07) is 7.83. The van der Waals surface area contributed by atoms with E-state index in [1.807, 2.05) is 0 Å². The molecule has 0 bridgehead atoms. The lowest BCUT2D eigenvalue weighted by Gasteiger charge is -2.18. The summed E-state index contributed by atoms with van der Waals surface area (Å²) in [5.41, 5.74) is -0.679. The molecule has 4 rings (SSSR count). The Kier molecular flexibility index (Phi) is 4.64. The van der Waals surface area contributed by atoms with Crippen molar-refractivity contribution in [1.82, 2.24) is 4.98 Å². The molecule has 2 heterocycles. The third kappa shape index (κ3) is 4.00. The summed E-state index contributed by atoms with van der Waals surface area (Å²) >= 11 is 1.09. The summed E-state index contributed by atoms with van der Waals surface area (Å²) in [5.74, 6) is 0.375. The van der Waals surface area contributed by atoms with Crippen molar-refractivity contribution in [2.75, 3.05) is 23.3 Å². The summed E-state index contributed by atoms with van der Waals surface area (Å²) in [5, 5.41) is 3.40. The molecule has 3 aromatic rings. The SMILES string of the molecule is FC(F)(F)c1ccc(NC2=NCCN2c2nc3ccc(C(F)(F)F)cc3s2)cc1. The minimum atomic E-state index is -4.44. The van der Waals surface area contributed by atoms with Gasteiger partial charge in [0.15, 0.2) is 5.13 Å². The minimum Gasteiger partial charge on any atom is -0.326 e. The van der Waals surface area contributed by atoms with Crippen molar-refractivity contribution in [2.45, 2.75) is 12.4 Å². The summed E-state index contributed by atoms with van der Waals surface area (Å²) in [7, 11) is 0. The van der Waals surface area contributed by atoms with Gasteiger partial charge in [0, 0.05) is 12.2 Å². The molecule has 1 aromatic heterocycles. The number of thiazole rings is 1. The number of rotatable bonds is 2. The lowest BCUT2D eigenvalue weighted by molar-refractivity contribution is -0.138. The number of benzene rings is 2. The molecule has 0 aliphatic carbocycles. The van der Waals surface area contributed by atoms with Crippen LogP contribution in [0.3, 0.4) is 0 Å². The quantitative estimate of drug-likeness (QED) is 0.537. The van der Waals surface area contributed by atoms with E-state index in [1.165, 1.54) is 18.2 Å². The average Bonchev–Trinajstić information content (AvgIpc) is 3.26. The monoisotopic (exact) mass is 430 g/mol. The van der Waals surface area contributed by atoms with E-state index in [-0.39, 0.29) is 0 Å². The van der Waals surface area contributed by atoms with Crippen LogP contribution < -0.4 is 10.2 Å². The molecule has 1 N–H and O–H groups in total.